The van der Waals surface area contributed by atoms with Crippen molar-refractivity contribution in [1.29, 1.82) is 0 Å². The van der Waals surface area contributed by atoms with Crippen LogP contribution < -0.4 is 19.5 Å². The minimum atomic E-state index is -0.290. The number of methoxy groups -OCH3 is 3. The molecule has 0 unspecified atom stereocenters. The third-order valence-corrected chi connectivity index (χ3v) is 4.64. The van der Waals surface area contributed by atoms with E-state index in [0.717, 1.165) is 16.6 Å². The number of para-hydroxylation sites is 2. The number of carbonyl (C=O) groups excluding carboxylic acids is 1. The summed E-state index contributed by atoms with van der Waals surface area (Å²) in [7, 11) is 4.63. The van der Waals surface area contributed by atoms with Gasteiger partial charge in [0.25, 0.3) is 5.91 Å². The molecule has 0 saturated heterocycles. The van der Waals surface area contributed by atoms with Crippen molar-refractivity contribution in [2.75, 3.05) is 21.3 Å². The fourth-order valence-electron chi connectivity index (χ4n) is 3.16. The first-order chi connectivity index (χ1) is 14.6. The van der Waals surface area contributed by atoms with Crippen LogP contribution in [0.3, 0.4) is 0 Å². The van der Waals surface area contributed by atoms with Gasteiger partial charge in [0.05, 0.1) is 44.6 Å². The molecule has 0 aliphatic rings. The minimum absolute atomic E-state index is 0.270. The summed E-state index contributed by atoms with van der Waals surface area (Å²) in [4.78, 5) is 20.2. The quantitative estimate of drug-likeness (QED) is 0.434. The van der Waals surface area contributed by atoms with Gasteiger partial charge in [0.15, 0.2) is 11.5 Å². The Hall–Kier alpha value is -4.01. The van der Waals surface area contributed by atoms with Crippen LogP contribution in [0.15, 0.2) is 42.5 Å². The summed E-state index contributed by atoms with van der Waals surface area (Å²) >= 11 is 0. The molecular formula is C21H21N5O4. The Kier molecular flexibility index (Phi) is 5.25. The Morgan fingerprint density at radius 3 is 2.43 bits per heavy atom. The van der Waals surface area contributed by atoms with Gasteiger partial charge in [-0.05, 0) is 30.3 Å². The molecule has 154 valence electrons. The highest BCUT2D eigenvalue weighted by Crippen LogP contribution is 2.40. The van der Waals surface area contributed by atoms with Gasteiger partial charge in [-0.3, -0.25) is 9.89 Å². The monoisotopic (exact) mass is 407 g/mol. The Labute approximate surface area is 172 Å². The lowest BCUT2D eigenvalue weighted by molar-refractivity contribution is 0.0945. The van der Waals surface area contributed by atoms with E-state index in [1.54, 1.807) is 39.5 Å². The van der Waals surface area contributed by atoms with E-state index in [-0.39, 0.29) is 12.5 Å². The van der Waals surface area contributed by atoms with Gasteiger partial charge in [-0.25, -0.2) is 4.98 Å². The standard InChI is InChI=1S/C21H21N5O4/c1-28-17-8-12(9-18(29-2)20(17)30-3)15-10-16(26-25-15)21(27)22-11-19-23-13-6-4-5-7-14(13)24-19/h4-10H,11H2,1-3H3,(H,22,27)(H,23,24)(H,25,26). The van der Waals surface area contributed by atoms with Gasteiger partial charge >= 0.3 is 0 Å². The number of rotatable bonds is 7. The van der Waals surface area contributed by atoms with Crippen LogP contribution in [0.5, 0.6) is 17.2 Å². The van der Waals surface area contributed by atoms with E-state index in [1.807, 2.05) is 24.3 Å². The third kappa shape index (κ3) is 3.64. The maximum atomic E-state index is 12.5. The fraction of sp³-hybridized carbons (Fsp3) is 0.190. The highest BCUT2D eigenvalue weighted by molar-refractivity contribution is 5.93. The zero-order chi connectivity index (χ0) is 21.1. The van der Waals surface area contributed by atoms with E-state index in [2.05, 4.69) is 25.5 Å². The van der Waals surface area contributed by atoms with Crippen molar-refractivity contribution in [3.63, 3.8) is 0 Å². The van der Waals surface area contributed by atoms with E-state index in [4.69, 9.17) is 14.2 Å². The Bertz CT molecular complexity index is 1140. The van der Waals surface area contributed by atoms with Crippen molar-refractivity contribution in [2.45, 2.75) is 6.54 Å². The molecule has 0 fully saturated rings. The second kappa shape index (κ2) is 8.16. The number of nitrogens with zero attached hydrogens (tertiary/aromatic N) is 2. The first-order valence-corrected chi connectivity index (χ1v) is 9.20. The molecule has 2 aromatic heterocycles. The molecule has 3 N–H and O–H groups in total. The van der Waals surface area contributed by atoms with Gasteiger partial charge in [-0.1, -0.05) is 12.1 Å². The molecule has 0 radical (unpaired) electrons. The van der Waals surface area contributed by atoms with E-state index in [9.17, 15) is 4.79 Å². The van der Waals surface area contributed by atoms with E-state index in [0.29, 0.717) is 34.5 Å². The van der Waals surface area contributed by atoms with Crippen LogP contribution in [0.1, 0.15) is 16.3 Å². The lowest BCUT2D eigenvalue weighted by Crippen LogP contribution is -2.23. The summed E-state index contributed by atoms with van der Waals surface area (Å²) in [5.41, 5.74) is 3.40. The third-order valence-electron chi connectivity index (χ3n) is 4.64. The summed E-state index contributed by atoms with van der Waals surface area (Å²) in [5, 5.41) is 9.84. The summed E-state index contributed by atoms with van der Waals surface area (Å²) in [6, 6.07) is 12.9. The maximum Gasteiger partial charge on any atom is 0.269 e. The van der Waals surface area contributed by atoms with Crippen molar-refractivity contribution in [2.24, 2.45) is 0 Å². The highest BCUT2D eigenvalue weighted by Gasteiger charge is 2.17. The van der Waals surface area contributed by atoms with E-state index < -0.39 is 0 Å². The molecule has 30 heavy (non-hydrogen) atoms. The van der Waals surface area contributed by atoms with Crippen molar-refractivity contribution in [3.8, 4) is 28.5 Å². The van der Waals surface area contributed by atoms with Crippen LogP contribution in [0, 0.1) is 0 Å². The van der Waals surface area contributed by atoms with Crippen LogP contribution in [0.2, 0.25) is 0 Å². The number of hydrogen-bond donors (Lipinski definition) is 3. The molecule has 0 saturated carbocycles. The maximum absolute atomic E-state index is 12.5. The van der Waals surface area contributed by atoms with E-state index >= 15 is 0 Å². The van der Waals surface area contributed by atoms with Crippen molar-refractivity contribution in [1.82, 2.24) is 25.5 Å². The van der Waals surface area contributed by atoms with Crippen molar-refractivity contribution < 1.29 is 19.0 Å². The molecule has 1 amide bonds. The summed E-state index contributed by atoms with van der Waals surface area (Å²) in [5.74, 6) is 1.88. The topological polar surface area (TPSA) is 114 Å². The first kappa shape index (κ1) is 19.3. The lowest BCUT2D eigenvalue weighted by atomic mass is 10.1. The Balaban J connectivity index is 1.51. The predicted octanol–water partition coefficient (Wildman–Crippen LogP) is 2.91. The number of carbonyl (C=O) groups is 1. The van der Waals surface area contributed by atoms with Crippen LogP contribution in [-0.4, -0.2) is 47.4 Å². The lowest BCUT2D eigenvalue weighted by Gasteiger charge is -2.13. The molecule has 9 heteroatoms. The molecule has 0 aliphatic heterocycles. The van der Waals surface area contributed by atoms with Crippen LogP contribution in [-0.2, 0) is 6.54 Å². The van der Waals surface area contributed by atoms with Crippen molar-refractivity contribution in [3.05, 3.63) is 54.0 Å². The van der Waals surface area contributed by atoms with Gasteiger partial charge in [0.1, 0.15) is 11.5 Å². The normalized spacial score (nSPS) is 10.8. The molecule has 4 aromatic rings. The second-order valence-corrected chi connectivity index (χ2v) is 6.46. The molecule has 2 heterocycles. The van der Waals surface area contributed by atoms with Gasteiger partial charge in [-0.2, -0.15) is 5.10 Å². The molecule has 9 nitrogen and oxygen atoms in total. The molecule has 0 atom stereocenters. The molecule has 4 rings (SSSR count). The molecule has 0 aliphatic carbocycles. The average molecular weight is 407 g/mol. The average Bonchev–Trinajstić information content (AvgIpc) is 3.43. The molecule has 2 aromatic carbocycles. The number of hydrogen-bond acceptors (Lipinski definition) is 6. The predicted molar refractivity (Wildman–Crippen MR) is 111 cm³/mol. The highest BCUT2D eigenvalue weighted by atomic mass is 16.5. The number of aromatic nitrogens is 4. The molecular weight excluding hydrogens is 386 g/mol. The second-order valence-electron chi connectivity index (χ2n) is 6.46. The Morgan fingerprint density at radius 1 is 1.03 bits per heavy atom. The number of nitrogens with one attached hydrogen (secondary N) is 3. The number of ether oxygens (including phenoxy) is 3. The SMILES string of the molecule is COc1cc(-c2cc(C(=O)NCc3nc4ccccc4[nH]3)[nH]n2)cc(OC)c1OC. The van der Waals surface area contributed by atoms with Gasteiger partial charge in [0.2, 0.25) is 5.75 Å². The van der Waals surface area contributed by atoms with Crippen LogP contribution in [0.25, 0.3) is 22.3 Å². The summed E-state index contributed by atoms with van der Waals surface area (Å²) < 4.78 is 16.1. The molecule has 0 spiro atoms. The zero-order valence-electron chi connectivity index (χ0n) is 16.8. The number of imidazole rings is 1. The molecule has 0 bridgehead atoms. The minimum Gasteiger partial charge on any atom is -0.493 e. The fourth-order valence-corrected chi connectivity index (χ4v) is 3.16. The summed E-state index contributed by atoms with van der Waals surface area (Å²) in [6.45, 7) is 0.270. The van der Waals surface area contributed by atoms with E-state index in [1.165, 1.54) is 0 Å². The van der Waals surface area contributed by atoms with Crippen molar-refractivity contribution >= 4 is 16.9 Å². The smallest absolute Gasteiger partial charge is 0.269 e. The zero-order valence-corrected chi connectivity index (χ0v) is 16.8. The number of benzene rings is 2. The van der Waals surface area contributed by atoms with Gasteiger partial charge < -0.3 is 24.5 Å². The largest absolute Gasteiger partial charge is 0.493 e. The van der Waals surface area contributed by atoms with Gasteiger partial charge in [-0.15, -0.1) is 0 Å². The number of fused-ring (bicyclic) bond motifs is 1. The first-order valence-electron chi connectivity index (χ1n) is 9.20. The van der Waals surface area contributed by atoms with Crippen LogP contribution in [0.4, 0.5) is 0 Å². The summed E-state index contributed by atoms with van der Waals surface area (Å²) in [6.07, 6.45) is 0. The number of aromatic amines is 2. The number of H-pyrrole nitrogens is 2. The number of amides is 1. The van der Waals surface area contributed by atoms with Crippen LogP contribution >= 0.6 is 0 Å². The Morgan fingerprint density at radius 2 is 1.77 bits per heavy atom. The van der Waals surface area contributed by atoms with Gasteiger partial charge in [0, 0.05) is 5.56 Å².